The minimum Gasteiger partial charge on any atom is -0.310 e. The lowest BCUT2D eigenvalue weighted by molar-refractivity contribution is 0.529. The molecule has 0 saturated heterocycles. The molecule has 0 aliphatic carbocycles. The number of hydrogen-bond acceptors (Lipinski definition) is 3. The van der Waals surface area contributed by atoms with Crippen molar-refractivity contribution in [1.82, 2.24) is 10.0 Å². The van der Waals surface area contributed by atoms with E-state index in [4.69, 9.17) is 11.6 Å². The molecule has 7 heteroatoms. The average molecular weight is 309 g/mol. The van der Waals surface area contributed by atoms with E-state index < -0.39 is 20.7 Å². The van der Waals surface area contributed by atoms with Gasteiger partial charge in [-0.3, -0.25) is 0 Å². The van der Waals surface area contributed by atoms with Gasteiger partial charge in [0.2, 0.25) is 10.0 Å². The van der Waals surface area contributed by atoms with Crippen molar-refractivity contribution in [3.8, 4) is 0 Å². The Kier molecular flexibility index (Phi) is 5.73. The summed E-state index contributed by atoms with van der Waals surface area (Å²) < 4.78 is 40.2. The Morgan fingerprint density at radius 1 is 1.37 bits per heavy atom. The van der Waals surface area contributed by atoms with Gasteiger partial charge in [0.1, 0.15) is 10.7 Å². The van der Waals surface area contributed by atoms with Crippen molar-refractivity contribution in [2.75, 3.05) is 6.54 Å². The van der Waals surface area contributed by atoms with Crippen LogP contribution in [0.1, 0.15) is 26.3 Å². The summed E-state index contributed by atoms with van der Waals surface area (Å²) in [6, 6.07) is 2.71. The summed E-state index contributed by atoms with van der Waals surface area (Å²) >= 11 is 5.86. The molecule has 2 N–H and O–H groups in total. The Morgan fingerprint density at radius 2 is 2.00 bits per heavy atom. The van der Waals surface area contributed by atoms with Crippen molar-refractivity contribution in [2.45, 2.75) is 38.3 Å². The smallest absolute Gasteiger partial charge is 0.243 e. The van der Waals surface area contributed by atoms with E-state index >= 15 is 0 Å². The second kappa shape index (κ2) is 6.65. The first kappa shape index (κ1) is 16.4. The van der Waals surface area contributed by atoms with E-state index in [0.717, 1.165) is 6.07 Å². The summed E-state index contributed by atoms with van der Waals surface area (Å²) in [7, 11) is -3.86. The molecule has 0 bridgehead atoms. The zero-order chi connectivity index (χ0) is 14.6. The van der Waals surface area contributed by atoms with Crippen LogP contribution in [0.25, 0.3) is 0 Å². The molecule has 0 unspecified atom stereocenters. The Hall–Kier alpha value is -0.690. The normalized spacial score (nSPS) is 12.1. The van der Waals surface area contributed by atoms with Crippen LogP contribution < -0.4 is 10.0 Å². The van der Waals surface area contributed by atoms with Gasteiger partial charge in [-0.15, -0.1) is 0 Å². The number of rotatable bonds is 6. The molecule has 1 rings (SSSR count). The standard InChI is InChI=1S/C12H18ClFN2O2S/c1-4-16-19(17,18)11-6-10(13)5-9(12(11)14)7-15-8(2)3/h5-6,8,15-16H,4,7H2,1-3H3. The van der Waals surface area contributed by atoms with Crippen molar-refractivity contribution >= 4 is 21.6 Å². The summed E-state index contributed by atoms with van der Waals surface area (Å²) in [4.78, 5) is -0.414. The van der Waals surface area contributed by atoms with Gasteiger partial charge in [0.15, 0.2) is 0 Å². The minimum absolute atomic E-state index is 0.159. The summed E-state index contributed by atoms with van der Waals surface area (Å²) in [6.45, 7) is 5.87. The van der Waals surface area contributed by atoms with Gasteiger partial charge in [0.25, 0.3) is 0 Å². The number of nitrogens with one attached hydrogen (secondary N) is 2. The molecule has 0 aromatic heterocycles. The van der Waals surface area contributed by atoms with E-state index in [1.54, 1.807) is 6.92 Å². The number of benzene rings is 1. The van der Waals surface area contributed by atoms with Crippen molar-refractivity contribution in [3.63, 3.8) is 0 Å². The minimum atomic E-state index is -3.86. The van der Waals surface area contributed by atoms with Crippen molar-refractivity contribution in [2.24, 2.45) is 0 Å². The molecule has 0 amide bonds. The third kappa shape index (κ3) is 4.42. The third-order valence-corrected chi connectivity index (χ3v) is 4.17. The highest BCUT2D eigenvalue weighted by molar-refractivity contribution is 7.89. The monoisotopic (exact) mass is 308 g/mol. The second-order valence-electron chi connectivity index (χ2n) is 4.41. The molecular formula is C12H18ClFN2O2S. The molecule has 19 heavy (non-hydrogen) atoms. The Bertz CT molecular complexity index is 547. The Balaban J connectivity index is 3.20. The quantitative estimate of drug-likeness (QED) is 0.847. The van der Waals surface area contributed by atoms with Crippen LogP contribution in [0, 0.1) is 5.82 Å². The average Bonchev–Trinajstić information content (AvgIpc) is 2.29. The zero-order valence-corrected chi connectivity index (χ0v) is 12.7. The van der Waals surface area contributed by atoms with Crippen LogP contribution in [0.4, 0.5) is 4.39 Å². The second-order valence-corrected chi connectivity index (χ2v) is 6.59. The predicted molar refractivity (Wildman–Crippen MR) is 74.2 cm³/mol. The maximum atomic E-state index is 14.2. The summed E-state index contributed by atoms with van der Waals surface area (Å²) in [5, 5.41) is 3.22. The highest BCUT2D eigenvalue weighted by Gasteiger charge is 2.21. The first-order chi connectivity index (χ1) is 8.77. The third-order valence-electron chi connectivity index (χ3n) is 2.40. The zero-order valence-electron chi connectivity index (χ0n) is 11.1. The Labute approximate surface area is 118 Å². The topological polar surface area (TPSA) is 58.2 Å². The van der Waals surface area contributed by atoms with Gasteiger partial charge < -0.3 is 5.32 Å². The van der Waals surface area contributed by atoms with Crippen molar-refractivity contribution in [3.05, 3.63) is 28.5 Å². The number of hydrogen-bond donors (Lipinski definition) is 2. The lowest BCUT2D eigenvalue weighted by Gasteiger charge is -2.12. The van der Waals surface area contributed by atoms with Crippen LogP contribution in [0.5, 0.6) is 0 Å². The fourth-order valence-electron chi connectivity index (χ4n) is 1.52. The van der Waals surface area contributed by atoms with E-state index in [-0.39, 0.29) is 29.7 Å². The SMILES string of the molecule is CCNS(=O)(=O)c1cc(Cl)cc(CNC(C)C)c1F. The van der Waals surface area contributed by atoms with Gasteiger partial charge in [-0.1, -0.05) is 32.4 Å². The van der Waals surface area contributed by atoms with Crippen molar-refractivity contribution in [1.29, 1.82) is 0 Å². The largest absolute Gasteiger partial charge is 0.310 e. The first-order valence-electron chi connectivity index (χ1n) is 5.99. The van der Waals surface area contributed by atoms with Gasteiger partial charge in [-0.25, -0.2) is 17.5 Å². The summed E-state index contributed by atoms with van der Waals surface area (Å²) in [6.07, 6.45) is 0. The Morgan fingerprint density at radius 3 is 2.53 bits per heavy atom. The molecule has 0 heterocycles. The fourth-order valence-corrected chi connectivity index (χ4v) is 3.01. The van der Waals surface area contributed by atoms with E-state index in [1.165, 1.54) is 6.07 Å². The molecule has 4 nitrogen and oxygen atoms in total. The van der Waals surface area contributed by atoms with Gasteiger partial charge >= 0.3 is 0 Å². The lowest BCUT2D eigenvalue weighted by atomic mass is 10.2. The molecule has 0 saturated carbocycles. The predicted octanol–water partition coefficient (Wildman–Crippen LogP) is 2.28. The van der Waals surface area contributed by atoms with Crippen LogP contribution in [0.15, 0.2) is 17.0 Å². The summed E-state index contributed by atoms with van der Waals surface area (Å²) in [5.41, 5.74) is 0.234. The molecule has 108 valence electrons. The number of sulfonamides is 1. The molecule has 1 aromatic carbocycles. The first-order valence-corrected chi connectivity index (χ1v) is 7.85. The van der Waals surface area contributed by atoms with Gasteiger partial charge in [0.05, 0.1) is 0 Å². The molecule has 0 atom stereocenters. The van der Waals surface area contributed by atoms with Crippen LogP contribution >= 0.6 is 11.6 Å². The maximum absolute atomic E-state index is 14.2. The lowest BCUT2D eigenvalue weighted by Crippen LogP contribution is -2.26. The fraction of sp³-hybridized carbons (Fsp3) is 0.500. The molecule has 1 aromatic rings. The van der Waals surface area contributed by atoms with Gasteiger partial charge in [-0.2, -0.15) is 0 Å². The number of halogens is 2. The van der Waals surface area contributed by atoms with Crippen molar-refractivity contribution < 1.29 is 12.8 Å². The van der Waals surface area contributed by atoms with Crippen LogP contribution in [-0.4, -0.2) is 21.0 Å². The van der Waals surface area contributed by atoms with Crippen LogP contribution in [0.3, 0.4) is 0 Å². The van der Waals surface area contributed by atoms with E-state index in [1.807, 2.05) is 13.8 Å². The molecule has 0 fully saturated rings. The van der Waals surface area contributed by atoms with E-state index in [2.05, 4.69) is 10.0 Å². The molecule has 0 aliphatic rings. The molecular weight excluding hydrogens is 291 g/mol. The molecule has 0 spiro atoms. The van der Waals surface area contributed by atoms with E-state index in [9.17, 15) is 12.8 Å². The van der Waals surface area contributed by atoms with Crippen LogP contribution in [-0.2, 0) is 16.6 Å². The van der Waals surface area contributed by atoms with Gasteiger partial charge in [-0.05, 0) is 12.1 Å². The van der Waals surface area contributed by atoms with Gasteiger partial charge in [0, 0.05) is 29.7 Å². The maximum Gasteiger partial charge on any atom is 0.243 e. The van der Waals surface area contributed by atoms with Crippen LogP contribution in [0.2, 0.25) is 5.02 Å². The molecule has 0 radical (unpaired) electrons. The highest BCUT2D eigenvalue weighted by Crippen LogP contribution is 2.23. The molecule has 0 aliphatic heterocycles. The summed E-state index contributed by atoms with van der Waals surface area (Å²) in [5.74, 6) is -0.765. The van der Waals surface area contributed by atoms with E-state index in [0.29, 0.717) is 0 Å². The highest BCUT2D eigenvalue weighted by atomic mass is 35.5.